The molecule has 1 atom stereocenters. The first kappa shape index (κ1) is 16.7. The number of carbonyl (C=O) groups is 1. The van der Waals surface area contributed by atoms with E-state index in [0.717, 1.165) is 11.3 Å². The second kappa shape index (κ2) is 7.19. The molecule has 0 saturated heterocycles. The molecule has 1 unspecified atom stereocenters. The van der Waals surface area contributed by atoms with Crippen LogP contribution in [0.3, 0.4) is 0 Å². The summed E-state index contributed by atoms with van der Waals surface area (Å²) < 4.78 is 14.5. The van der Waals surface area contributed by atoms with E-state index in [-0.39, 0.29) is 11.7 Å². The van der Waals surface area contributed by atoms with Gasteiger partial charge in [-0.2, -0.15) is 0 Å². The van der Waals surface area contributed by atoms with Crippen molar-refractivity contribution in [2.75, 3.05) is 11.9 Å². The maximum Gasteiger partial charge on any atom is 0.233 e. The van der Waals surface area contributed by atoms with Crippen molar-refractivity contribution in [3.63, 3.8) is 0 Å². The van der Waals surface area contributed by atoms with Gasteiger partial charge in [0.25, 0.3) is 0 Å². The third kappa shape index (κ3) is 3.54. The van der Waals surface area contributed by atoms with Crippen LogP contribution >= 0.6 is 0 Å². The maximum absolute atomic E-state index is 14.5. The number of rotatable bonds is 4. The first-order valence-electron chi connectivity index (χ1n) is 8.08. The fourth-order valence-electron chi connectivity index (χ4n) is 2.76. The molecule has 0 aliphatic heterocycles. The van der Waals surface area contributed by atoms with Crippen molar-refractivity contribution in [2.24, 2.45) is 0 Å². The lowest BCUT2D eigenvalue weighted by atomic mass is 9.96. The summed E-state index contributed by atoms with van der Waals surface area (Å²) in [4.78, 5) is 14.3. The Morgan fingerprint density at radius 3 is 2.48 bits per heavy atom. The predicted molar refractivity (Wildman–Crippen MR) is 97.8 cm³/mol. The van der Waals surface area contributed by atoms with Gasteiger partial charge in [0.1, 0.15) is 5.82 Å². The highest BCUT2D eigenvalue weighted by Gasteiger charge is 2.21. The Labute approximate surface area is 147 Å². The molecule has 3 aromatic carbocycles. The van der Waals surface area contributed by atoms with Crippen LogP contribution < -0.4 is 4.90 Å². The van der Waals surface area contributed by atoms with E-state index < -0.39 is 5.92 Å². The summed E-state index contributed by atoms with van der Waals surface area (Å²) in [7, 11) is 1.73. The van der Waals surface area contributed by atoms with Gasteiger partial charge < -0.3 is 4.90 Å². The summed E-state index contributed by atoms with van der Waals surface area (Å²) in [5.41, 5.74) is 2.70. The molecular weight excluding hydrogens is 313 g/mol. The van der Waals surface area contributed by atoms with E-state index in [0.29, 0.717) is 11.1 Å². The maximum atomic E-state index is 14.5. The SMILES string of the molecule is CC(C(=O)N(C)c1ccccc1)c1ccc(-c2cc#ccc2)c(F)c1. The lowest BCUT2D eigenvalue weighted by molar-refractivity contribution is -0.119. The number of likely N-dealkylation sites (N-methyl/N-ethyl adjacent to an activating group) is 1. The lowest BCUT2D eigenvalue weighted by Crippen LogP contribution is -2.30. The molecule has 124 valence electrons. The summed E-state index contributed by atoms with van der Waals surface area (Å²) in [5.74, 6) is -0.871. The molecule has 1 amide bonds. The first-order chi connectivity index (χ1) is 12.1. The van der Waals surface area contributed by atoms with Crippen LogP contribution in [0.2, 0.25) is 0 Å². The zero-order chi connectivity index (χ0) is 17.8. The van der Waals surface area contributed by atoms with E-state index in [4.69, 9.17) is 0 Å². The average molecular weight is 331 g/mol. The van der Waals surface area contributed by atoms with Crippen LogP contribution in [0, 0.1) is 17.9 Å². The number of para-hydroxylation sites is 1. The Kier molecular flexibility index (Phi) is 4.81. The molecule has 0 aliphatic carbocycles. The second-order valence-corrected chi connectivity index (χ2v) is 5.92. The number of benzene rings is 2. The molecule has 0 heterocycles. The van der Waals surface area contributed by atoms with Crippen molar-refractivity contribution < 1.29 is 9.18 Å². The van der Waals surface area contributed by atoms with Crippen molar-refractivity contribution in [3.8, 4) is 11.1 Å². The molecule has 0 aromatic heterocycles. The lowest BCUT2D eigenvalue weighted by Gasteiger charge is -2.22. The molecule has 3 aromatic rings. The quantitative estimate of drug-likeness (QED) is 0.668. The van der Waals surface area contributed by atoms with E-state index in [1.54, 1.807) is 49.2 Å². The van der Waals surface area contributed by atoms with Crippen LogP contribution in [-0.2, 0) is 4.79 Å². The van der Waals surface area contributed by atoms with Crippen LogP contribution in [0.1, 0.15) is 18.4 Å². The van der Waals surface area contributed by atoms with Crippen LogP contribution in [-0.4, -0.2) is 13.0 Å². The number of halogens is 1. The Hall–Kier alpha value is -3.12. The first-order valence-corrected chi connectivity index (χ1v) is 8.08. The van der Waals surface area contributed by atoms with E-state index >= 15 is 0 Å². The predicted octanol–water partition coefficient (Wildman–Crippen LogP) is 4.86. The van der Waals surface area contributed by atoms with Gasteiger partial charge in [-0.05, 0) is 54.4 Å². The Balaban J connectivity index is 1.84. The van der Waals surface area contributed by atoms with Gasteiger partial charge in [-0.25, -0.2) is 4.39 Å². The Morgan fingerprint density at radius 2 is 1.84 bits per heavy atom. The fourth-order valence-corrected chi connectivity index (χ4v) is 2.76. The molecule has 0 saturated carbocycles. The number of nitrogens with zero attached hydrogens (tertiary/aromatic N) is 1. The van der Waals surface area contributed by atoms with Gasteiger partial charge in [0, 0.05) is 18.3 Å². The zero-order valence-electron chi connectivity index (χ0n) is 14.2. The molecule has 0 N–H and O–H groups in total. The molecule has 3 heteroatoms. The number of hydrogen-bond donors (Lipinski definition) is 0. The standard InChI is InChI=1S/C22H18FNO/c1-16(22(25)24(2)19-11-7-4-8-12-19)18-13-14-20(21(23)15-18)17-9-5-3-6-10-17/h4-5,7-16H,1-2H3. The van der Waals surface area contributed by atoms with Crippen LogP contribution in [0.15, 0.2) is 66.7 Å². The molecular formula is C22H18FNO. The third-order valence-corrected chi connectivity index (χ3v) is 4.31. The van der Waals surface area contributed by atoms with E-state index in [1.807, 2.05) is 30.3 Å². The molecule has 0 spiro atoms. The van der Waals surface area contributed by atoms with Crippen molar-refractivity contribution >= 4 is 11.6 Å². The topological polar surface area (TPSA) is 20.3 Å². The van der Waals surface area contributed by atoms with Crippen molar-refractivity contribution in [1.82, 2.24) is 0 Å². The fraction of sp³-hybridized carbons (Fsp3) is 0.136. The van der Waals surface area contributed by atoms with Gasteiger partial charge in [0.15, 0.2) is 0 Å². The van der Waals surface area contributed by atoms with Crippen LogP contribution in [0.5, 0.6) is 0 Å². The van der Waals surface area contributed by atoms with Gasteiger partial charge >= 0.3 is 0 Å². The normalized spacial score (nSPS) is 11.5. The van der Waals surface area contributed by atoms with Gasteiger partial charge in [-0.3, -0.25) is 4.79 Å². The van der Waals surface area contributed by atoms with Gasteiger partial charge in [-0.1, -0.05) is 42.5 Å². The van der Waals surface area contributed by atoms with Gasteiger partial charge in [0.2, 0.25) is 5.91 Å². The van der Waals surface area contributed by atoms with Crippen molar-refractivity contribution in [2.45, 2.75) is 12.8 Å². The zero-order valence-corrected chi connectivity index (χ0v) is 14.2. The Morgan fingerprint density at radius 1 is 1.08 bits per heavy atom. The molecule has 2 nitrogen and oxygen atoms in total. The Bertz CT molecular complexity index is 862. The van der Waals surface area contributed by atoms with Gasteiger partial charge in [0.05, 0.1) is 5.92 Å². The molecule has 0 aliphatic rings. The molecule has 25 heavy (non-hydrogen) atoms. The molecule has 3 rings (SSSR count). The highest BCUT2D eigenvalue weighted by Crippen LogP contribution is 2.27. The number of anilines is 1. The minimum atomic E-state index is -0.440. The highest BCUT2D eigenvalue weighted by atomic mass is 19.1. The highest BCUT2D eigenvalue weighted by molar-refractivity contribution is 5.97. The van der Waals surface area contributed by atoms with Crippen molar-refractivity contribution in [1.29, 1.82) is 0 Å². The third-order valence-electron chi connectivity index (χ3n) is 4.31. The summed E-state index contributed by atoms with van der Waals surface area (Å²) in [6.45, 7) is 1.79. The van der Waals surface area contributed by atoms with Gasteiger partial charge in [-0.15, -0.1) is 0 Å². The second-order valence-electron chi connectivity index (χ2n) is 5.92. The number of carbonyl (C=O) groups excluding carboxylic acids is 1. The summed E-state index contributed by atoms with van der Waals surface area (Å²) in [6, 6.07) is 25.1. The van der Waals surface area contributed by atoms with E-state index in [1.165, 1.54) is 6.07 Å². The minimum absolute atomic E-state index is 0.0824. The minimum Gasteiger partial charge on any atom is -0.315 e. The van der Waals surface area contributed by atoms with Crippen molar-refractivity contribution in [3.05, 3.63) is 90.2 Å². The molecule has 0 radical (unpaired) electrons. The largest absolute Gasteiger partial charge is 0.315 e. The summed E-state index contributed by atoms with van der Waals surface area (Å²) >= 11 is 0. The molecule has 0 fully saturated rings. The summed E-state index contributed by atoms with van der Waals surface area (Å²) in [5, 5.41) is 0. The monoisotopic (exact) mass is 331 g/mol. The molecule has 0 bridgehead atoms. The number of hydrogen-bond acceptors (Lipinski definition) is 1. The van der Waals surface area contributed by atoms with E-state index in [2.05, 4.69) is 12.1 Å². The number of amides is 1. The van der Waals surface area contributed by atoms with Crippen LogP contribution in [0.4, 0.5) is 10.1 Å². The average Bonchev–Trinajstić information content (AvgIpc) is 2.67. The smallest absolute Gasteiger partial charge is 0.233 e. The summed E-state index contributed by atoms with van der Waals surface area (Å²) in [6.07, 6.45) is 0. The van der Waals surface area contributed by atoms with Crippen LogP contribution in [0.25, 0.3) is 11.1 Å². The van der Waals surface area contributed by atoms with E-state index in [9.17, 15) is 9.18 Å².